The quantitative estimate of drug-likeness (QED) is 0.748. The van der Waals surface area contributed by atoms with E-state index in [0.29, 0.717) is 0 Å². The fraction of sp³-hybridized carbons (Fsp3) is 0.250. The molecule has 0 aliphatic heterocycles. The van der Waals surface area contributed by atoms with E-state index in [2.05, 4.69) is 9.97 Å². The molecule has 0 spiro atoms. The van der Waals surface area contributed by atoms with Gasteiger partial charge in [0.25, 0.3) is 0 Å². The van der Waals surface area contributed by atoms with Gasteiger partial charge in [-0.15, -0.1) is 0 Å². The number of benzene rings is 1. The summed E-state index contributed by atoms with van der Waals surface area (Å²) < 4.78 is 80.0. The van der Waals surface area contributed by atoms with Gasteiger partial charge < -0.3 is 5.73 Å². The van der Waals surface area contributed by atoms with E-state index in [1.807, 2.05) is 0 Å². The normalized spacial score (nSPS) is 14.0. The van der Waals surface area contributed by atoms with Crippen molar-refractivity contribution in [3.8, 4) is 0 Å². The number of hydrogen-bond donors (Lipinski definition) is 1. The first kappa shape index (κ1) is 20.8. The summed E-state index contributed by atoms with van der Waals surface area (Å²) in [5.74, 6) is -0.632. The fourth-order valence-electron chi connectivity index (χ4n) is 2.42. The molecule has 6 nitrogen and oxygen atoms in total. The summed E-state index contributed by atoms with van der Waals surface area (Å²) in [6.07, 6.45) is -0.693. The highest BCUT2D eigenvalue weighted by Crippen LogP contribution is 2.40. The van der Waals surface area contributed by atoms with Crippen LogP contribution in [0.3, 0.4) is 0 Å². The molecule has 0 aliphatic rings. The van der Waals surface area contributed by atoms with Crippen LogP contribution in [0.1, 0.15) is 24.4 Å². The van der Waals surface area contributed by atoms with Crippen LogP contribution in [0.2, 0.25) is 0 Å². The maximum Gasteiger partial charge on any atom is 0.409 e. The Balaban J connectivity index is 2.53. The van der Waals surface area contributed by atoms with Gasteiger partial charge in [-0.25, -0.2) is 22.8 Å². The zero-order valence-corrected chi connectivity index (χ0v) is 14.9. The number of nitrogens with zero attached hydrogens (tertiary/aromatic N) is 3. The Morgan fingerprint density at radius 2 is 1.74 bits per heavy atom. The first-order valence-corrected chi connectivity index (χ1v) is 9.09. The molecule has 1 heterocycles. The number of halogens is 4. The summed E-state index contributed by atoms with van der Waals surface area (Å²) >= 11 is 0. The van der Waals surface area contributed by atoms with Crippen molar-refractivity contribution < 1.29 is 26.0 Å². The Hall–Kier alpha value is -2.53. The number of nitrogens with two attached hydrogens (primary N) is 1. The topological polar surface area (TPSA) is 89.2 Å². The van der Waals surface area contributed by atoms with Gasteiger partial charge >= 0.3 is 6.18 Å². The van der Waals surface area contributed by atoms with Gasteiger partial charge in [0, 0.05) is 6.54 Å². The molecule has 0 radical (unpaired) electrons. The van der Waals surface area contributed by atoms with Crippen LogP contribution in [0.15, 0.2) is 47.8 Å². The second kappa shape index (κ2) is 8.01. The highest BCUT2D eigenvalue weighted by molar-refractivity contribution is 7.89. The maximum atomic E-state index is 13.7. The second-order valence-corrected chi connectivity index (χ2v) is 7.23. The number of hydrogen-bond acceptors (Lipinski definition) is 5. The number of aromatic nitrogens is 2. The predicted molar refractivity (Wildman–Crippen MR) is 90.0 cm³/mol. The molecule has 0 amide bonds. The molecule has 0 bridgehead atoms. The van der Waals surface area contributed by atoms with Crippen molar-refractivity contribution in [1.29, 1.82) is 0 Å². The van der Waals surface area contributed by atoms with E-state index in [9.17, 15) is 26.0 Å². The van der Waals surface area contributed by atoms with Crippen molar-refractivity contribution in [2.24, 2.45) is 5.73 Å². The van der Waals surface area contributed by atoms with Gasteiger partial charge in [-0.3, -0.25) is 0 Å². The molecule has 11 heteroatoms. The molecule has 146 valence electrons. The molecule has 0 aliphatic carbocycles. The van der Waals surface area contributed by atoms with Gasteiger partial charge in [-0.05, 0) is 30.0 Å². The van der Waals surface area contributed by atoms with Crippen LogP contribution in [-0.4, -0.2) is 35.4 Å². The van der Waals surface area contributed by atoms with Crippen molar-refractivity contribution in [3.63, 3.8) is 0 Å². The largest absolute Gasteiger partial charge is 0.409 e. The summed E-state index contributed by atoms with van der Waals surface area (Å²) in [6.45, 7) is 0.792. The van der Waals surface area contributed by atoms with Crippen LogP contribution in [0.4, 0.5) is 17.6 Å². The summed E-state index contributed by atoms with van der Waals surface area (Å²) in [6, 6.07) is 0.989. The van der Waals surface area contributed by atoms with E-state index in [0.717, 1.165) is 42.9 Å². The van der Waals surface area contributed by atoms with Gasteiger partial charge in [0.05, 0.1) is 12.4 Å². The molecule has 0 saturated heterocycles. The number of alkyl halides is 3. The van der Waals surface area contributed by atoms with Gasteiger partial charge in [-0.2, -0.15) is 17.5 Å². The van der Waals surface area contributed by atoms with Gasteiger partial charge in [0.1, 0.15) is 16.8 Å². The summed E-state index contributed by atoms with van der Waals surface area (Å²) in [5.41, 5.74) is 4.77. The van der Waals surface area contributed by atoms with Crippen molar-refractivity contribution in [2.45, 2.75) is 24.0 Å². The molecular formula is C16H16F4N4O2S. The van der Waals surface area contributed by atoms with E-state index >= 15 is 0 Å². The predicted octanol–water partition coefficient (Wildman–Crippen LogP) is 2.86. The molecule has 1 aromatic heterocycles. The number of sulfonamides is 1. The molecule has 0 saturated carbocycles. The first-order valence-electron chi connectivity index (χ1n) is 7.65. The van der Waals surface area contributed by atoms with Gasteiger partial charge in [0.2, 0.25) is 10.0 Å². The zero-order chi connectivity index (χ0) is 20.2. The maximum absolute atomic E-state index is 13.7. The summed E-state index contributed by atoms with van der Waals surface area (Å²) in [4.78, 5) is 6.98. The van der Waals surface area contributed by atoms with Gasteiger partial charge in [-0.1, -0.05) is 19.1 Å². The third-order valence-electron chi connectivity index (χ3n) is 3.60. The summed E-state index contributed by atoms with van der Waals surface area (Å²) in [5, 5.41) is 0. The lowest BCUT2D eigenvalue weighted by Gasteiger charge is -2.31. The molecule has 2 aromatic rings. The van der Waals surface area contributed by atoms with Crippen molar-refractivity contribution in [3.05, 3.63) is 60.1 Å². The standard InChI is InChI=1S/C16H16F4N4O2S/c1-2-24(15(16(18,19)20)11-3-5-12(17)6-4-11)27(25,26)13-9-22-14(7-8-21)23-10-13/h3-10,15H,2,21H2,1H3/b8-7-/t15-/m1/s1. The highest BCUT2D eigenvalue weighted by atomic mass is 32.2. The smallest absolute Gasteiger partial charge is 0.404 e. The Kier molecular flexibility index (Phi) is 6.16. The third kappa shape index (κ3) is 4.61. The lowest BCUT2D eigenvalue weighted by molar-refractivity contribution is -0.173. The molecule has 0 fully saturated rings. The Morgan fingerprint density at radius 1 is 1.19 bits per heavy atom. The van der Waals surface area contributed by atoms with E-state index in [4.69, 9.17) is 5.73 Å². The van der Waals surface area contributed by atoms with E-state index < -0.39 is 45.1 Å². The van der Waals surface area contributed by atoms with Crippen LogP contribution >= 0.6 is 0 Å². The highest BCUT2D eigenvalue weighted by Gasteiger charge is 2.48. The minimum absolute atomic E-state index is 0.102. The van der Waals surface area contributed by atoms with Crippen LogP contribution < -0.4 is 5.73 Å². The van der Waals surface area contributed by atoms with Gasteiger partial charge in [0.15, 0.2) is 5.82 Å². The molecular weight excluding hydrogens is 388 g/mol. The van der Waals surface area contributed by atoms with Crippen LogP contribution in [0, 0.1) is 5.82 Å². The van der Waals surface area contributed by atoms with Crippen molar-refractivity contribution in [1.82, 2.24) is 14.3 Å². The van der Waals surface area contributed by atoms with E-state index in [1.54, 1.807) is 0 Å². The SMILES string of the molecule is CCN([C@H](c1ccc(F)cc1)C(F)(F)F)S(=O)(=O)c1cnc(/C=C\N)nc1. The molecule has 1 atom stereocenters. The molecule has 27 heavy (non-hydrogen) atoms. The van der Waals surface area contributed by atoms with Crippen LogP contribution in [0.5, 0.6) is 0 Å². The van der Waals surface area contributed by atoms with Crippen molar-refractivity contribution in [2.75, 3.05) is 6.54 Å². The fourth-order valence-corrected chi connectivity index (χ4v) is 3.92. The Morgan fingerprint density at radius 3 is 2.19 bits per heavy atom. The molecule has 1 aromatic carbocycles. The van der Waals surface area contributed by atoms with Crippen LogP contribution in [0.25, 0.3) is 6.08 Å². The average Bonchev–Trinajstić information content (AvgIpc) is 2.60. The lowest BCUT2D eigenvalue weighted by atomic mass is 10.1. The number of rotatable bonds is 6. The van der Waals surface area contributed by atoms with Crippen molar-refractivity contribution >= 4 is 16.1 Å². The minimum Gasteiger partial charge on any atom is -0.404 e. The zero-order valence-electron chi connectivity index (χ0n) is 14.1. The third-order valence-corrected chi connectivity index (χ3v) is 5.49. The molecule has 2 N–H and O–H groups in total. The Bertz CT molecular complexity index is 898. The average molecular weight is 404 g/mol. The monoisotopic (exact) mass is 404 g/mol. The van der Waals surface area contributed by atoms with E-state index in [-0.39, 0.29) is 10.1 Å². The lowest BCUT2D eigenvalue weighted by Crippen LogP contribution is -2.42. The first-order chi connectivity index (χ1) is 12.6. The second-order valence-electron chi connectivity index (χ2n) is 5.34. The molecule has 0 unspecified atom stereocenters. The van der Waals surface area contributed by atoms with Crippen LogP contribution in [-0.2, 0) is 10.0 Å². The minimum atomic E-state index is -4.93. The van der Waals surface area contributed by atoms with E-state index in [1.165, 1.54) is 13.0 Å². The summed E-state index contributed by atoms with van der Waals surface area (Å²) in [7, 11) is -4.58. The molecule has 2 rings (SSSR count). The Labute approximate surface area is 153 Å².